The molecule has 0 aliphatic carbocycles. The summed E-state index contributed by atoms with van der Waals surface area (Å²) in [7, 11) is -3.01. The first-order valence-electron chi connectivity index (χ1n) is 10.9. The molecule has 0 saturated carbocycles. The summed E-state index contributed by atoms with van der Waals surface area (Å²) in [5.74, 6) is 0. The fourth-order valence-corrected chi connectivity index (χ4v) is 10.4. The van der Waals surface area contributed by atoms with Gasteiger partial charge in [0.2, 0.25) is 0 Å². The molecule has 0 heterocycles. The average molecular weight is 511 g/mol. The van der Waals surface area contributed by atoms with Crippen molar-refractivity contribution in [3.05, 3.63) is 144 Å². The van der Waals surface area contributed by atoms with Crippen LogP contribution < -0.4 is 0 Å². The van der Waals surface area contributed by atoms with Gasteiger partial charge in [0.25, 0.3) is 0 Å². The van der Waals surface area contributed by atoms with E-state index in [4.69, 9.17) is 6.96 Å². The van der Waals surface area contributed by atoms with Crippen LogP contribution in [0, 0.1) is 0 Å². The topological polar surface area (TPSA) is 52.6 Å². The van der Waals surface area contributed by atoms with Crippen molar-refractivity contribution in [1.29, 1.82) is 0 Å². The van der Waals surface area contributed by atoms with Crippen LogP contribution in [0.1, 0.15) is 33.3 Å². The molecule has 0 aromatic heterocycles. The van der Waals surface area contributed by atoms with Crippen molar-refractivity contribution in [2.24, 2.45) is 0 Å². The maximum atomic E-state index is 12.9. The van der Waals surface area contributed by atoms with Crippen LogP contribution in [0.2, 0.25) is 0 Å². The first-order chi connectivity index (χ1) is 16.1. The normalized spacial score (nSPS) is 12.4. The van der Waals surface area contributed by atoms with Crippen LogP contribution in [0.25, 0.3) is 0 Å². The third-order valence-corrected chi connectivity index (χ3v) is 12.9. The minimum absolute atomic E-state index is 0.0591. The van der Waals surface area contributed by atoms with Crippen LogP contribution in [0.15, 0.2) is 121 Å². The average Bonchev–Trinajstić information content (AvgIpc) is 2.87. The zero-order chi connectivity index (χ0) is 22.9. The van der Waals surface area contributed by atoms with Gasteiger partial charge in [-0.25, -0.2) is 0 Å². The second-order valence-electron chi connectivity index (χ2n) is 7.73. The predicted octanol–water partition coefficient (Wildman–Crippen LogP) is 4.44. The molecule has 0 atom stereocenters. The van der Waals surface area contributed by atoms with E-state index in [0.29, 0.717) is 0 Å². The van der Waals surface area contributed by atoms with Gasteiger partial charge < -0.3 is 0 Å². The number of hydrogen-bond acceptors (Lipinski definition) is 4. The molecule has 4 aromatic rings. The fraction of sp³-hybridized carbons (Fsp3) is 0.0769. The molecule has 0 aliphatic heterocycles. The molecule has 0 saturated heterocycles. The predicted molar refractivity (Wildman–Crippen MR) is 130 cm³/mol. The van der Waals surface area contributed by atoms with Gasteiger partial charge in [0.1, 0.15) is 0 Å². The van der Waals surface area contributed by atoms with E-state index in [2.05, 4.69) is 0 Å². The summed E-state index contributed by atoms with van der Waals surface area (Å²) >= 11 is -4.94. The van der Waals surface area contributed by atoms with E-state index in [9.17, 15) is 7.61 Å². The molecule has 4 nitrogen and oxygen atoms in total. The quantitative estimate of drug-likeness (QED) is 0.296. The van der Waals surface area contributed by atoms with E-state index >= 15 is 0 Å². The molecule has 4 rings (SSSR count). The molecule has 168 valence electrons. The molecule has 7 heteroatoms. The molecule has 0 aliphatic rings. The van der Waals surface area contributed by atoms with Crippen LogP contribution in [0.3, 0.4) is 0 Å². The monoisotopic (exact) mass is 510 g/mol. The summed E-state index contributed by atoms with van der Waals surface area (Å²) in [6, 6.07) is 39.7. The third kappa shape index (κ3) is 6.68. The van der Waals surface area contributed by atoms with E-state index in [1.165, 1.54) is 0 Å². The molecular formula is C26H26CrO4Si2. The van der Waals surface area contributed by atoms with Gasteiger partial charge in [0, 0.05) is 0 Å². The maximum absolute atomic E-state index is 12.9. The van der Waals surface area contributed by atoms with Crippen molar-refractivity contribution in [2.45, 2.75) is 11.1 Å². The fourth-order valence-electron chi connectivity index (χ4n) is 3.85. The number of hydrogen-bond donors (Lipinski definition) is 0. The van der Waals surface area contributed by atoms with Gasteiger partial charge in [0.05, 0.1) is 0 Å². The van der Waals surface area contributed by atoms with Crippen LogP contribution in [0.5, 0.6) is 0 Å². The second kappa shape index (κ2) is 11.5. The Labute approximate surface area is 201 Å². The van der Waals surface area contributed by atoms with E-state index < -0.39 is 33.1 Å². The molecule has 0 amide bonds. The standard InChI is InChI=1S/2C13H13OSi.Cr.2O/c2*14-15-13(11-7-3-1-4-8-11)12-9-5-2-6-10-12;;;/h2*1-10,13H,15H2;;;/q2*-1;+2;;. The Morgan fingerprint density at radius 2 is 0.697 bits per heavy atom. The first kappa shape index (κ1) is 23.5. The molecule has 0 bridgehead atoms. The van der Waals surface area contributed by atoms with Crippen molar-refractivity contribution >= 4 is 19.5 Å². The minimum atomic E-state index is -4.94. The summed E-state index contributed by atoms with van der Waals surface area (Å²) in [6.45, 7) is 0. The van der Waals surface area contributed by atoms with Crippen molar-refractivity contribution in [3.8, 4) is 0 Å². The zero-order valence-electron chi connectivity index (χ0n) is 18.2. The van der Waals surface area contributed by atoms with Crippen molar-refractivity contribution in [1.82, 2.24) is 0 Å². The summed E-state index contributed by atoms with van der Waals surface area (Å²) in [5, 5.41) is 0. The van der Waals surface area contributed by atoms with Crippen molar-refractivity contribution in [3.63, 3.8) is 0 Å². The van der Waals surface area contributed by atoms with Gasteiger partial charge >= 0.3 is 202 Å². The van der Waals surface area contributed by atoms with Gasteiger partial charge in [-0.2, -0.15) is 0 Å². The summed E-state index contributed by atoms with van der Waals surface area (Å²) in [6.07, 6.45) is 0. The van der Waals surface area contributed by atoms with Crippen molar-refractivity contribution < 1.29 is 28.2 Å². The summed E-state index contributed by atoms with van der Waals surface area (Å²) in [4.78, 5) is 0. The van der Waals surface area contributed by atoms with E-state index in [1.54, 1.807) is 0 Å². The van der Waals surface area contributed by atoms with Crippen LogP contribution in [-0.2, 0) is 28.2 Å². The molecule has 0 fully saturated rings. The SMILES string of the molecule is [O]=[Cr](=[O])([O][SiH2]C(c1ccccc1)c1ccccc1)[O][SiH2]C(c1ccccc1)c1ccccc1. The Balaban J connectivity index is 1.48. The van der Waals surface area contributed by atoms with E-state index in [-0.39, 0.29) is 11.1 Å². The Morgan fingerprint density at radius 3 is 0.939 bits per heavy atom. The van der Waals surface area contributed by atoms with Crippen LogP contribution in [0.4, 0.5) is 0 Å². The van der Waals surface area contributed by atoms with Crippen LogP contribution >= 0.6 is 0 Å². The third-order valence-electron chi connectivity index (χ3n) is 5.57. The van der Waals surface area contributed by atoms with E-state index in [0.717, 1.165) is 22.3 Å². The molecule has 33 heavy (non-hydrogen) atoms. The zero-order valence-corrected chi connectivity index (χ0v) is 22.3. The van der Waals surface area contributed by atoms with Crippen molar-refractivity contribution in [2.75, 3.05) is 0 Å². The second-order valence-corrected chi connectivity index (χ2v) is 14.0. The van der Waals surface area contributed by atoms with Crippen LogP contribution in [-0.4, -0.2) is 19.5 Å². The summed E-state index contributed by atoms with van der Waals surface area (Å²) in [5.41, 5.74) is 4.13. The Hall–Kier alpha value is -2.63. The number of rotatable bonds is 10. The molecule has 0 radical (unpaired) electrons. The van der Waals surface area contributed by atoms with Gasteiger partial charge in [0.15, 0.2) is 0 Å². The van der Waals surface area contributed by atoms with Gasteiger partial charge in [-0.3, -0.25) is 0 Å². The number of benzene rings is 4. The van der Waals surface area contributed by atoms with Gasteiger partial charge in [-0.15, -0.1) is 0 Å². The summed E-state index contributed by atoms with van der Waals surface area (Å²) < 4.78 is 37.0. The Bertz CT molecular complexity index is 1050. The van der Waals surface area contributed by atoms with Gasteiger partial charge in [-0.05, 0) is 0 Å². The Morgan fingerprint density at radius 1 is 0.455 bits per heavy atom. The van der Waals surface area contributed by atoms with E-state index in [1.807, 2.05) is 121 Å². The van der Waals surface area contributed by atoms with Gasteiger partial charge in [-0.1, -0.05) is 0 Å². The molecule has 0 spiro atoms. The Kier molecular flexibility index (Phi) is 8.18. The molecule has 0 unspecified atom stereocenters. The molecule has 4 aromatic carbocycles. The molecule has 0 N–H and O–H groups in total. The first-order valence-corrected chi connectivity index (χ1v) is 15.7. The molecular weight excluding hydrogens is 484 g/mol.